The molecule has 4 heterocycles. The summed E-state index contributed by atoms with van der Waals surface area (Å²) in [7, 11) is 1.63. The summed E-state index contributed by atoms with van der Waals surface area (Å²) < 4.78 is 9.13. The summed E-state index contributed by atoms with van der Waals surface area (Å²) in [5, 5.41) is 20.8. The van der Waals surface area contributed by atoms with E-state index in [0.29, 0.717) is 16.9 Å². The highest BCUT2D eigenvalue weighted by Gasteiger charge is 2.30. The fourth-order valence-corrected chi connectivity index (χ4v) is 5.07. The molecule has 1 fully saturated rings. The van der Waals surface area contributed by atoms with Crippen LogP contribution in [0.2, 0.25) is 0 Å². The topological polar surface area (TPSA) is 120 Å². The first-order valence-electron chi connectivity index (χ1n) is 12.8. The number of hydrogen-bond donors (Lipinski definition) is 2. The largest absolute Gasteiger partial charge is 0.494 e. The normalized spacial score (nSPS) is 17.8. The van der Waals surface area contributed by atoms with Crippen molar-refractivity contribution in [2.24, 2.45) is 0 Å². The molecule has 10 heteroatoms. The molecule has 1 aromatic carbocycles. The second-order valence-corrected chi connectivity index (χ2v) is 10.5. The van der Waals surface area contributed by atoms with E-state index in [0.717, 1.165) is 54.1 Å². The van der Waals surface area contributed by atoms with Crippen molar-refractivity contribution in [2.45, 2.75) is 65.0 Å². The van der Waals surface area contributed by atoms with Crippen molar-refractivity contribution in [3.8, 4) is 5.75 Å². The van der Waals surface area contributed by atoms with Gasteiger partial charge in [-0.2, -0.15) is 9.61 Å². The standard InChI is InChI=1S/C27H36N8O2/c1-7-9-18-12-20-23(22(13-18)37-6)29-26(28)35-25(20)30-24(32-35)19-10-8-11-33(14-19)21-15-34(31-16(21)2)17(3)27(4,5)36/h7,9,12-13,15,17,19,36H,8,10-11,14H2,1-6H3,(H2,28,29)/b9-7+/t17?,19-/m1/s1. The number of anilines is 2. The van der Waals surface area contributed by atoms with Crippen LogP contribution < -0.4 is 15.4 Å². The molecule has 10 nitrogen and oxygen atoms in total. The Balaban J connectivity index is 1.51. The van der Waals surface area contributed by atoms with Crippen LogP contribution >= 0.6 is 0 Å². The first-order valence-corrected chi connectivity index (χ1v) is 12.8. The molecule has 0 spiro atoms. The van der Waals surface area contributed by atoms with Gasteiger partial charge < -0.3 is 20.5 Å². The summed E-state index contributed by atoms with van der Waals surface area (Å²) in [6.07, 6.45) is 8.05. The lowest BCUT2D eigenvalue weighted by Gasteiger charge is -2.32. The van der Waals surface area contributed by atoms with Crippen molar-refractivity contribution in [1.82, 2.24) is 29.4 Å². The van der Waals surface area contributed by atoms with E-state index >= 15 is 0 Å². The van der Waals surface area contributed by atoms with E-state index in [9.17, 15) is 5.11 Å². The number of ether oxygens (including phenoxy) is 1. The third kappa shape index (κ3) is 4.50. The summed E-state index contributed by atoms with van der Waals surface area (Å²) in [5.41, 5.74) is 9.85. The number of piperidine rings is 1. The smallest absolute Gasteiger partial charge is 0.223 e. The van der Waals surface area contributed by atoms with Gasteiger partial charge in [-0.15, -0.1) is 5.10 Å². The van der Waals surface area contributed by atoms with Crippen molar-refractivity contribution >= 4 is 34.3 Å². The molecule has 1 aliphatic heterocycles. The number of aryl methyl sites for hydroxylation is 1. The third-order valence-corrected chi connectivity index (χ3v) is 7.42. The minimum absolute atomic E-state index is 0.137. The van der Waals surface area contributed by atoms with Crippen LogP contribution in [-0.4, -0.2) is 60.3 Å². The Bertz CT molecular complexity index is 1480. The van der Waals surface area contributed by atoms with Gasteiger partial charge in [-0.1, -0.05) is 12.2 Å². The Kier molecular flexibility index (Phi) is 6.31. The van der Waals surface area contributed by atoms with Gasteiger partial charge in [0.25, 0.3) is 0 Å². The molecule has 2 atom stereocenters. The third-order valence-electron chi connectivity index (χ3n) is 7.42. The quantitative estimate of drug-likeness (QED) is 0.402. The van der Waals surface area contributed by atoms with E-state index in [1.165, 1.54) is 0 Å². The molecule has 0 bridgehead atoms. The highest BCUT2D eigenvalue weighted by Crippen LogP contribution is 2.34. The second-order valence-electron chi connectivity index (χ2n) is 10.5. The average Bonchev–Trinajstić information content (AvgIpc) is 3.48. The van der Waals surface area contributed by atoms with Crippen molar-refractivity contribution < 1.29 is 9.84 Å². The van der Waals surface area contributed by atoms with Gasteiger partial charge in [0.2, 0.25) is 5.95 Å². The maximum atomic E-state index is 10.5. The predicted octanol–water partition coefficient (Wildman–Crippen LogP) is 4.12. The number of nitrogens with two attached hydrogens (primary N) is 1. The number of nitrogen functional groups attached to an aromatic ring is 1. The molecule has 37 heavy (non-hydrogen) atoms. The van der Waals surface area contributed by atoms with Crippen molar-refractivity contribution in [1.29, 1.82) is 0 Å². The van der Waals surface area contributed by atoms with E-state index in [1.807, 2.05) is 69.8 Å². The van der Waals surface area contributed by atoms with Crippen molar-refractivity contribution in [2.75, 3.05) is 30.8 Å². The monoisotopic (exact) mass is 504 g/mol. The van der Waals surface area contributed by atoms with E-state index in [4.69, 9.17) is 25.7 Å². The van der Waals surface area contributed by atoms with Gasteiger partial charge in [0.1, 0.15) is 11.3 Å². The van der Waals surface area contributed by atoms with Gasteiger partial charge in [-0.25, -0.2) is 9.97 Å². The number of methoxy groups -OCH3 is 1. The molecule has 4 aromatic rings. The Morgan fingerprint density at radius 3 is 2.73 bits per heavy atom. The molecule has 0 saturated carbocycles. The van der Waals surface area contributed by atoms with Crippen LogP contribution in [0.25, 0.3) is 22.6 Å². The summed E-state index contributed by atoms with van der Waals surface area (Å²) in [5.74, 6) is 1.83. The first kappa shape index (κ1) is 25.0. The molecule has 0 aliphatic carbocycles. The first-order chi connectivity index (χ1) is 17.6. The predicted molar refractivity (Wildman–Crippen MR) is 146 cm³/mol. The number of allylic oxidation sites excluding steroid dienone is 1. The zero-order valence-corrected chi connectivity index (χ0v) is 22.4. The highest BCUT2D eigenvalue weighted by atomic mass is 16.5. The van der Waals surface area contributed by atoms with Crippen LogP contribution in [0.15, 0.2) is 24.4 Å². The van der Waals surface area contributed by atoms with Gasteiger partial charge in [-0.3, -0.25) is 4.68 Å². The fourth-order valence-electron chi connectivity index (χ4n) is 5.07. The maximum Gasteiger partial charge on any atom is 0.223 e. The average molecular weight is 505 g/mol. The molecule has 3 aromatic heterocycles. The minimum Gasteiger partial charge on any atom is -0.494 e. The number of fused-ring (bicyclic) bond motifs is 3. The Morgan fingerprint density at radius 2 is 2.03 bits per heavy atom. The molecule has 1 saturated heterocycles. The number of benzene rings is 1. The van der Waals surface area contributed by atoms with Crippen molar-refractivity contribution in [3.63, 3.8) is 0 Å². The number of aromatic nitrogens is 6. The number of rotatable bonds is 6. The van der Waals surface area contributed by atoms with Crippen LogP contribution in [0, 0.1) is 6.92 Å². The number of nitrogens with zero attached hydrogens (tertiary/aromatic N) is 7. The van der Waals surface area contributed by atoms with E-state index in [2.05, 4.69) is 9.88 Å². The van der Waals surface area contributed by atoms with Gasteiger partial charge in [-0.05, 0) is 65.2 Å². The molecule has 1 aliphatic rings. The lowest BCUT2D eigenvalue weighted by Crippen LogP contribution is -2.35. The van der Waals surface area contributed by atoms with Crippen LogP contribution in [0.3, 0.4) is 0 Å². The fraction of sp³-hybridized carbons (Fsp3) is 0.481. The van der Waals surface area contributed by atoms with Gasteiger partial charge >= 0.3 is 0 Å². The van der Waals surface area contributed by atoms with E-state index in [-0.39, 0.29) is 17.9 Å². The Morgan fingerprint density at radius 1 is 1.24 bits per heavy atom. The van der Waals surface area contributed by atoms with Gasteiger partial charge in [0, 0.05) is 30.6 Å². The molecule has 3 N–H and O–H groups in total. The van der Waals surface area contributed by atoms with E-state index in [1.54, 1.807) is 11.6 Å². The molecule has 0 amide bonds. The summed E-state index contributed by atoms with van der Waals surface area (Å²) in [6, 6.07) is 3.85. The summed E-state index contributed by atoms with van der Waals surface area (Å²) in [6.45, 7) is 11.3. The summed E-state index contributed by atoms with van der Waals surface area (Å²) >= 11 is 0. The summed E-state index contributed by atoms with van der Waals surface area (Å²) in [4.78, 5) is 11.9. The zero-order valence-electron chi connectivity index (χ0n) is 22.4. The SMILES string of the molecule is C/C=C/c1cc(OC)c2nc(N)n3nc([C@@H]4CCCN(c5cn(C(C)C(C)(C)O)nc5C)C4)nc3c2c1. The minimum atomic E-state index is -0.868. The highest BCUT2D eigenvalue weighted by molar-refractivity contribution is 5.97. The van der Waals surface area contributed by atoms with Crippen LogP contribution in [0.4, 0.5) is 11.6 Å². The zero-order chi connectivity index (χ0) is 26.5. The van der Waals surface area contributed by atoms with Crippen molar-refractivity contribution in [3.05, 3.63) is 41.5 Å². The molecular weight excluding hydrogens is 468 g/mol. The van der Waals surface area contributed by atoms with E-state index < -0.39 is 5.60 Å². The lowest BCUT2D eigenvalue weighted by molar-refractivity contribution is 0.0257. The number of hydrogen-bond acceptors (Lipinski definition) is 8. The molecule has 196 valence electrons. The Hall–Kier alpha value is -3.66. The Labute approximate surface area is 216 Å². The lowest BCUT2D eigenvalue weighted by atomic mass is 9.97. The van der Waals surface area contributed by atoms with Crippen LogP contribution in [-0.2, 0) is 0 Å². The maximum absolute atomic E-state index is 10.5. The van der Waals surface area contributed by atoms with Crippen LogP contribution in [0.1, 0.15) is 69.6 Å². The van der Waals surface area contributed by atoms with Crippen LogP contribution in [0.5, 0.6) is 5.75 Å². The molecular formula is C27H36N8O2. The van der Waals surface area contributed by atoms with Gasteiger partial charge in [0.05, 0.1) is 30.1 Å². The molecule has 1 unspecified atom stereocenters. The number of aliphatic hydroxyl groups is 1. The van der Waals surface area contributed by atoms with Gasteiger partial charge in [0.15, 0.2) is 11.5 Å². The second kappa shape index (κ2) is 9.33. The molecule has 0 radical (unpaired) electrons. The molecule has 5 rings (SSSR count).